The van der Waals surface area contributed by atoms with Crippen LogP contribution in [0.3, 0.4) is 0 Å². The molecule has 2 rings (SSSR count). The second kappa shape index (κ2) is 5.90. The van der Waals surface area contributed by atoms with E-state index in [9.17, 15) is 9.90 Å². The van der Waals surface area contributed by atoms with Crippen molar-refractivity contribution in [2.45, 2.75) is 12.1 Å². The third kappa shape index (κ3) is 2.97. The van der Waals surface area contributed by atoms with Crippen LogP contribution in [0.15, 0.2) is 24.3 Å². The molecule has 1 heterocycles. The van der Waals surface area contributed by atoms with E-state index in [1.165, 1.54) is 4.90 Å². The van der Waals surface area contributed by atoms with Crippen LogP contribution in [0.2, 0.25) is 0 Å². The van der Waals surface area contributed by atoms with E-state index < -0.39 is 6.10 Å². The number of urea groups is 1. The lowest BCUT2D eigenvalue weighted by Gasteiger charge is -2.26. The molecular formula is C13H19N3O3. The maximum absolute atomic E-state index is 12.1. The minimum atomic E-state index is -0.534. The summed E-state index contributed by atoms with van der Waals surface area (Å²) < 4.78 is 5.18. The molecule has 19 heavy (non-hydrogen) atoms. The summed E-state index contributed by atoms with van der Waals surface area (Å²) >= 11 is 0. The molecule has 3 N–H and O–H groups in total. The molecule has 0 aromatic heterocycles. The number of ether oxygens (including phenoxy) is 1. The summed E-state index contributed by atoms with van der Waals surface area (Å²) in [5.41, 5.74) is 0.613. The predicted molar refractivity (Wildman–Crippen MR) is 72.4 cm³/mol. The fourth-order valence-corrected chi connectivity index (χ4v) is 2.15. The zero-order valence-electron chi connectivity index (χ0n) is 11.1. The molecule has 2 amide bonds. The van der Waals surface area contributed by atoms with Gasteiger partial charge >= 0.3 is 6.03 Å². The SMILES string of the molecule is COc1ccccc1NC(=O)N(C)[C@H]1CNC[C@@H]1O. The third-order valence-electron chi connectivity index (χ3n) is 3.32. The topological polar surface area (TPSA) is 73.8 Å². The summed E-state index contributed by atoms with van der Waals surface area (Å²) in [6, 6.07) is 6.73. The van der Waals surface area contributed by atoms with Gasteiger partial charge in [-0.2, -0.15) is 0 Å². The molecule has 104 valence electrons. The van der Waals surface area contributed by atoms with Gasteiger partial charge in [-0.05, 0) is 12.1 Å². The van der Waals surface area contributed by atoms with Crippen LogP contribution in [0.5, 0.6) is 5.75 Å². The first-order chi connectivity index (χ1) is 9.13. The Labute approximate surface area is 112 Å². The fraction of sp³-hybridized carbons (Fsp3) is 0.462. The van der Waals surface area contributed by atoms with Gasteiger partial charge in [0.25, 0.3) is 0 Å². The van der Waals surface area contributed by atoms with E-state index in [-0.39, 0.29) is 12.1 Å². The van der Waals surface area contributed by atoms with Crippen LogP contribution in [0.4, 0.5) is 10.5 Å². The van der Waals surface area contributed by atoms with Crippen LogP contribution in [0, 0.1) is 0 Å². The molecule has 1 aromatic carbocycles. The van der Waals surface area contributed by atoms with Gasteiger partial charge in [0.1, 0.15) is 5.75 Å². The first-order valence-electron chi connectivity index (χ1n) is 6.19. The molecule has 0 bridgehead atoms. The molecular weight excluding hydrogens is 246 g/mol. The average molecular weight is 265 g/mol. The highest BCUT2D eigenvalue weighted by atomic mass is 16.5. The number of anilines is 1. The first-order valence-corrected chi connectivity index (χ1v) is 6.19. The molecule has 6 nitrogen and oxygen atoms in total. The number of aliphatic hydroxyl groups is 1. The highest BCUT2D eigenvalue weighted by Gasteiger charge is 2.31. The smallest absolute Gasteiger partial charge is 0.322 e. The van der Waals surface area contributed by atoms with E-state index in [4.69, 9.17) is 4.74 Å². The van der Waals surface area contributed by atoms with Crippen LogP contribution < -0.4 is 15.4 Å². The number of aliphatic hydroxyl groups excluding tert-OH is 1. The van der Waals surface area contributed by atoms with E-state index in [1.807, 2.05) is 12.1 Å². The second-order valence-corrected chi connectivity index (χ2v) is 4.53. The Bertz CT molecular complexity index is 453. The highest BCUT2D eigenvalue weighted by Crippen LogP contribution is 2.23. The number of carbonyl (C=O) groups is 1. The number of benzene rings is 1. The minimum absolute atomic E-state index is 0.213. The van der Waals surface area contributed by atoms with Crippen molar-refractivity contribution in [3.63, 3.8) is 0 Å². The zero-order chi connectivity index (χ0) is 13.8. The fourth-order valence-electron chi connectivity index (χ4n) is 2.15. The van der Waals surface area contributed by atoms with Crippen LogP contribution >= 0.6 is 0 Å². The zero-order valence-corrected chi connectivity index (χ0v) is 11.1. The van der Waals surface area contributed by atoms with Crippen LogP contribution in [0.1, 0.15) is 0 Å². The number of carbonyl (C=O) groups excluding carboxylic acids is 1. The van der Waals surface area contributed by atoms with Gasteiger partial charge in [-0.1, -0.05) is 12.1 Å². The molecule has 1 saturated heterocycles. The Balaban J connectivity index is 2.04. The molecule has 1 fully saturated rings. The number of nitrogens with one attached hydrogen (secondary N) is 2. The molecule has 1 aromatic rings. The lowest BCUT2D eigenvalue weighted by atomic mass is 10.2. The number of likely N-dealkylation sites (N-methyl/N-ethyl adjacent to an activating group) is 1. The van der Waals surface area contributed by atoms with E-state index >= 15 is 0 Å². The molecule has 0 spiro atoms. The van der Waals surface area contributed by atoms with Crippen molar-refractivity contribution in [3.05, 3.63) is 24.3 Å². The number of β-amino-alcohol motifs (C(OH)–C–C–N with tert-alkyl or cyclic N) is 1. The Morgan fingerprint density at radius 2 is 2.21 bits per heavy atom. The lowest BCUT2D eigenvalue weighted by molar-refractivity contribution is 0.115. The van der Waals surface area contributed by atoms with Crippen molar-refractivity contribution in [1.82, 2.24) is 10.2 Å². The monoisotopic (exact) mass is 265 g/mol. The standard InChI is InChI=1S/C13H19N3O3/c1-16(10-7-14-8-11(10)17)13(18)15-9-5-3-4-6-12(9)19-2/h3-6,10-11,14,17H,7-8H2,1-2H3,(H,15,18)/t10-,11-/m0/s1. The van der Waals surface area contributed by atoms with Crippen molar-refractivity contribution < 1.29 is 14.6 Å². The van der Waals surface area contributed by atoms with E-state index in [2.05, 4.69) is 10.6 Å². The Morgan fingerprint density at radius 3 is 2.84 bits per heavy atom. The largest absolute Gasteiger partial charge is 0.495 e. The van der Waals surface area contributed by atoms with Gasteiger partial charge in [-0.3, -0.25) is 0 Å². The van der Waals surface area contributed by atoms with Crippen LogP contribution in [-0.4, -0.2) is 55.4 Å². The van der Waals surface area contributed by atoms with Crippen molar-refractivity contribution in [3.8, 4) is 5.75 Å². The van der Waals surface area contributed by atoms with Crippen molar-refractivity contribution in [2.24, 2.45) is 0 Å². The molecule has 0 unspecified atom stereocenters. The molecule has 1 aliphatic rings. The average Bonchev–Trinajstić information content (AvgIpc) is 2.84. The van der Waals surface area contributed by atoms with Crippen molar-refractivity contribution in [2.75, 3.05) is 32.6 Å². The number of para-hydroxylation sites is 2. The summed E-state index contributed by atoms with van der Waals surface area (Å²) in [6.07, 6.45) is -0.534. The molecule has 6 heteroatoms. The number of hydrogen-bond acceptors (Lipinski definition) is 4. The first kappa shape index (κ1) is 13.6. The summed E-state index contributed by atoms with van der Waals surface area (Å²) in [7, 11) is 3.23. The van der Waals surface area contributed by atoms with Gasteiger partial charge in [0.2, 0.25) is 0 Å². The number of amides is 2. The van der Waals surface area contributed by atoms with Crippen LogP contribution in [0.25, 0.3) is 0 Å². The second-order valence-electron chi connectivity index (χ2n) is 4.53. The highest BCUT2D eigenvalue weighted by molar-refractivity contribution is 5.91. The predicted octanol–water partition coefficient (Wildman–Crippen LogP) is 0.492. The van der Waals surface area contributed by atoms with Gasteiger partial charge in [0.15, 0.2) is 0 Å². The normalized spacial score (nSPS) is 22.1. The number of rotatable bonds is 3. The molecule has 0 aliphatic carbocycles. The molecule has 1 aliphatic heterocycles. The Kier molecular flexibility index (Phi) is 4.24. The van der Waals surface area contributed by atoms with Gasteiger partial charge in [0, 0.05) is 20.1 Å². The Morgan fingerprint density at radius 1 is 1.47 bits per heavy atom. The van der Waals surface area contributed by atoms with Gasteiger partial charge in [-0.25, -0.2) is 4.79 Å². The van der Waals surface area contributed by atoms with Gasteiger partial charge < -0.3 is 25.4 Å². The summed E-state index contributed by atoms with van der Waals surface area (Å²) in [6.45, 7) is 1.11. The van der Waals surface area contributed by atoms with Crippen LogP contribution in [-0.2, 0) is 0 Å². The van der Waals surface area contributed by atoms with Crippen molar-refractivity contribution in [1.29, 1.82) is 0 Å². The quantitative estimate of drug-likeness (QED) is 0.743. The maximum Gasteiger partial charge on any atom is 0.322 e. The van der Waals surface area contributed by atoms with E-state index in [0.717, 1.165) is 0 Å². The van der Waals surface area contributed by atoms with Gasteiger partial charge in [0.05, 0.1) is 24.9 Å². The maximum atomic E-state index is 12.1. The summed E-state index contributed by atoms with van der Waals surface area (Å²) in [5, 5.41) is 15.6. The van der Waals surface area contributed by atoms with E-state index in [0.29, 0.717) is 24.5 Å². The molecule has 2 atom stereocenters. The number of nitrogens with zero attached hydrogens (tertiary/aromatic N) is 1. The molecule has 0 saturated carbocycles. The number of hydrogen-bond donors (Lipinski definition) is 3. The third-order valence-corrected chi connectivity index (χ3v) is 3.32. The lowest BCUT2D eigenvalue weighted by Crippen LogP contribution is -2.46. The van der Waals surface area contributed by atoms with Crippen molar-refractivity contribution >= 4 is 11.7 Å². The molecule has 0 radical (unpaired) electrons. The van der Waals surface area contributed by atoms with Gasteiger partial charge in [-0.15, -0.1) is 0 Å². The summed E-state index contributed by atoms with van der Waals surface area (Å²) in [5.74, 6) is 0.606. The minimum Gasteiger partial charge on any atom is -0.495 e. The number of methoxy groups -OCH3 is 1. The Hall–Kier alpha value is -1.79. The van der Waals surface area contributed by atoms with E-state index in [1.54, 1.807) is 26.3 Å². The summed E-state index contributed by atoms with van der Waals surface area (Å²) in [4.78, 5) is 13.6.